The number of halogens is 2. The van der Waals surface area contributed by atoms with E-state index in [-0.39, 0.29) is 21.4 Å². The van der Waals surface area contributed by atoms with Gasteiger partial charge in [0.1, 0.15) is 40.1 Å². The molecule has 9 nitrogen and oxygen atoms in total. The fourth-order valence-electron chi connectivity index (χ4n) is 2.71. The molecule has 5 atom stereocenters. The third kappa shape index (κ3) is 3.92. The maximum Gasteiger partial charge on any atom is 0.396 e. The first kappa shape index (κ1) is 20.3. The summed E-state index contributed by atoms with van der Waals surface area (Å²) in [5.74, 6) is -0.495. The van der Waals surface area contributed by atoms with Crippen LogP contribution in [-0.4, -0.2) is 58.5 Å². The molecule has 12 heteroatoms. The first-order chi connectivity index (χ1) is 12.7. The van der Waals surface area contributed by atoms with Crippen molar-refractivity contribution in [2.24, 2.45) is 0 Å². The molecule has 27 heavy (non-hydrogen) atoms. The van der Waals surface area contributed by atoms with E-state index >= 15 is 0 Å². The van der Waals surface area contributed by atoms with E-state index in [9.17, 15) is 24.9 Å². The Balaban J connectivity index is 1.97. The fourth-order valence-corrected chi connectivity index (χ4v) is 3.89. The van der Waals surface area contributed by atoms with Crippen LogP contribution in [0.4, 0.5) is 0 Å². The normalized spacial score (nSPS) is 28.3. The molecule has 1 aliphatic rings. The predicted molar refractivity (Wildman–Crippen MR) is 96.4 cm³/mol. The molecule has 1 amide bonds. The minimum atomic E-state index is -1.48. The molecule has 0 radical (unpaired) electrons. The first-order valence-corrected chi connectivity index (χ1v) is 9.28. The lowest BCUT2D eigenvalue weighted by Crippen LogP contribution is -2.65. The van der Waals surface area contributed by atoms with Crippen molar-refractivity contribution in [3.63, 3.8) is 0 Å². The Morgan fingerprint density at radius 1 is 1.33 bits per heavy atom. The molecule has 0 spiro atoms. The topological polar surface area (TPSA) is 138 Å². The highest BCUT2D eigenvalue weighted by molar-refractivity contribution is 7.16. The van der Waals surface area contributed by atoms with Crippen molar-refractivity contribution in [2.75, 3.05) is 6.61 Å². The zero-order valence-corrected chi connectivity index (χ0v) is 16.0. The summed E-state index contributed by atoms with van der Waals surface area (Å²) in [5.41, 5.74) is 0.107. The number of benzene rings is 1. The van der Waals surface area contributed by atoms with Crippen molar-refractivity contribution in [3.8, 4) is 5.75 Å². The molecule has 1 fully saturated rings. The van der Waals surface area contributed by atoms with E-state index in [1.54, 1.807) is 0 Å². The number of hydrogen-bond donors (Lipinski definition) is 4. The van der Waals surface area contributed by atoms with Gasteiger partial charge < -0.3 is 34.5 Å². The summed E-state index contributed by atoms with van der Waals surface area (Å²) in [7, 11) is 0. The Kier molecular flexibility index (Phi) is 5.96. The molecular formula is C15H15Cl2NO8S. The van der Waals surface area contributed by atoms with Gasteiger partial charge in [-0.3, -0.25) is 4.79 Å². The molecule has 0 saturated carbocycles. The molecule has 1 saturated heterocycles. The third-order valence-electron chi connectivity index (χ3n) is 3.97. The average Bonchev–Trinajstić information content (AvgIpc) is 2.99. The lowest BCUT2D eigenvalue weighted by atomic mass is 9.97. The number of carbonyl (C=O) groups excluding carboxylic acids is 1. The Labute approximate surface area is 166 Å². The number of rotatable bonds is 4. The Bertz CT molecular complexity index is 915. The summed E-state index contributed by atoms with van der Waals surface area (Å²) >= 11 is 13.1. The number of aliphatic hydroxyl groups excluding tert-OH is 3. The lowest BCUT2D eigenvalue weighted by Gasteiger charge is -2.42. The van der Waals surface area contributed by atoms with Crippen LogP contribution in [0.1, 0.15) is 6.92 Å². The molecule has 0 aliphatic carbocycles. The highest BCUT2D eigenvalue weighted by Gasteiger charge is 2.46. The molecule has 2 aromatic rings. The summed E-state index contributed by atoms with van der Waals surface area (Å²) in [5, 5.41) is 32.0. The average molecular weight is 440 g/mol. The van der Waals surface area contributed by atoms with Gasteiger partial charge in [-0.15, -0.1) is 0 Å². The lowest BCUT2D eigenvalue weighted by molar-refractivity contribution is -0.244. The molecule has 1 aliphatic heterocycles. The van der Waals surface area contributed by atoms with Gasteiger partial charge in [-0.25, -0.2) is 4.79 Å². The van der Waals surface area contributed by atoms with E-state index in [4.69, 9.17) is 37.1 Å². The summed E-state index contributed by atoms with van der Waals surface area (Å²) < 4.78 is 16.5. The second kappa shape index (κ2) is 7.92. The molecule has 148 valence electrons. The fraction of sp³-hybridized carbons (Fsp3) is 0.467. The minimum absolute atomic E-state index is 0.00634. The maximum atomic E-state index is 11.5. The van der Waals surface area contributed by atoms with E-state index < -0.39 is 48.1 Å². The highest BCUT2D eigenvalue weighted by atomic mass is 35.5. The first-order valence-electron chi connectivity index (χ1n) is 7.70. The predicted octanol–water partition coefficient (Wildman–Crippen LogP) is 0.484. The van der Waals surface area contributed by atoms with Crippen LogP contribution in [-0.2, 0) is 9.53 Å². The van der Waals surface area contributed by atoms with Gasteiger partial charge in [-0.1, -0.05) is 34.5 Å². The summed E-state index contributed by atoms with van der Waals surface area (Å²) in [6.45, 7) is 0.620. The van der Waals surface area contributed by atoms with E-state index in [2.05, 4.69) is 5.32 Å². The van der Waals surface area contributed by atoms with Gasteiger partial charge in [0.15, 0.2) is 5.58 Å². The summed E-state index contributed by atoms with van der Waals surface area (Å²) in [4.78, 5) is 22.3. The van der Waals surface area contributed by atoms with Crippen molar-refractivity contribution >= 4 is 50.7 Å². The maximum absolute atomic E-state index is 11.5. The van der Waals surface area contributed by atoms with Crippen LogP contribution >= 0.6 is 34.5 Å². The van der Waals surface area contributed by atoms with E-state index in [1.807, 2.05) is 0 Å². The van der Waals surface area contributed by atoms with Crippen LogP contribution in [0, 0.1) is 0 Å². The van der Waals surface area contributed by atoms with Crippen LogP contribution in [0.5, 0.6) is 5.75 Å². The van der Waals surface area contributed by atoms with Crippen molar-refractivity contribution in [3.05, 3.63) is 25.8 Å². The third-order valence-corrected chi connectivity index (χ3v) is 5.57. The van der Waals surface area contributed by atoms with E-state index in [0.717, 1.165) is 11.3 Å². The molecule has 0 unspecified atom stereocenters. The SMILES string of the molecule is CC(=O)N[C@@H]1[C@@H](Oc2cc3sc(=O)oc3c(Cl)c2Cl)O[C@H](CO)[C@H](O)[C@@H]1O. The molecule has 2 heterocycles. The molecule has 1 aromatic heterocycles. The van der Waals surface area contributed by atoms with Crippen LogP contribution < -0.4 is 15.0 Å². The zero-order chi connectivity index (χ0) is 19.9. The monoisotopic (exact) mass is 439 g/mol. The van der Waals surface area contributed by atoms with Crippen molar-refractivity contribution in [2.45, 2.75) is 37.6 Å². The van der Waals surface area contributed by atoms with Gasteiger partial charge in [0.05, 0.1) is 11.3 Å². The zero-order valence-electron chi connectivity index (χ0n) is 13.7. The number of amides is 1. The molecular weight excluding hydrogens is 425 g/mol. The van der Waals surface area contributed by atoms with Crippen LogP contribution in [0.15, 0.2) is 15.3 Å². The Morgan fingerprint density at radius 3 is 2.67 bits per heavy atom. The smallest absolute Gasteiger partial charge is 0.396 e. The highest BCUT2D eigenvalue weighted by Crippen LogP contribution is 2.40. The van der Waals surface area contributed by atoms with Crippen LogP contribution in [0.2, 0.25) is 10.0 Å². The second-order valence-electron chi connectivity index (χ2n) is 5.83. The number of ether oxygens (including phenoxy) is 2. The Morgan fingerprint density at radius 2 is 2.04 bits per heavy atom. The summed E-state index contributed by atoms with van der Waals surface area (Å²) in [6.07, 6.45) is -5.39. The molecule has 4 N–H and O–H groups in total. The molecule has 1 aromatic carbocycles. The van der Waals surface area contributed by atoms with Gasteiger partial charge >= 0.3 is 4.94 Å². The van der Waals surface area contributed by atoms with Gasteiger partial charge in [0.2, 0.25) is 12.2 Å². The van der Waals surface area contributed by atoms with Crippen molar-refractivity contribution < 1.29 is 34.0 Å². The largest absolute Gasteiger partial charge is 0.461 e. The molecule has 3 rings (SSSR count). The number of aliphatic hydroxyl groups is 3. The quantitative estimate of drug-likeness (QED) is 0.539. The number of hydrogen-bond acceptors (Lipinski definition) is 9. The Hall–Kier alpha value is -1.40. The van der Waals surface area contributed by atoms with Crippen molar-refractivity contribution in [1.29, 1.82) is 0 Å². The van der Waals surface area contributed by atoms with Gasteiger partial charge in [0, 0.05) is 13.0 Å². The minimum Gasteiger partial charge on any atom is -0.461 e. The van der Waals surface area contributed by atoms with Gasteiger partial charge in [-0.05, 0) is 0 Å². The van der Waals surface area contributed by atoms with Gasteiger partial charge in [-0.2, -0.15) is 0 Å². The van der Waals surface area contributed by atoms with Crippen LogP contribution in [0.25, 0.3) is 10.3 Å². The number of nitrogens with one attached hydrogen (secondary N) is 1. The molecule has 0 bridgehead atoms. The second-order valence-corrected chi connectivity index (χ2v) is 7.57. The van der Waals surface area contributed by atoms with Crippen molar-refractivity contribution in [1.82, 2.24) is 5.32 Å². The van der Waals surface area contributed by atoms with Gasteiger partial charge in [0.25, 0.3) is 0 Å². The standard InChI is InChI=1S/C15H15Cl2NO8S/c1-4(20)18-10-12(22)11(21)6(3-19)25-14(10)24-5-2-7-13(9(17)8(5)16)26-15(23)27-7/h2,6,10-12,14,19,21-22H,3H2,1H3,(H,18,20)/t6-,10+,11+,12-,14+/m1/s1. The van der Waals surface area contributed by atoms with E-state index in [1.165, 1.54) is 13.0 Å². The van der Waals surface area contributed by atoms with Crippen LogP contribution in [0.3, 0.4) is 0 Å². The van der Waals surface area contributed by atoms with E-state index in [0.29, 0.717) is 4.70 Å². The number of fused-ring (bicyclic) bond motifs is 1. The number of carbonyl (C=O) groups is 1. The summed E-state index contributed by atoms with van der Waals surface area (Å²) in [6, 6.07) is 0.243.